The van der Waals surface area contributed by atoms with Crippen LogP contribution in [-0.2, 0) is 7.05 Å². The summed E-state index contributed by atoms with van der Waals surface area (Å²) in [6, 6.07) is 4.59. The molecule has 0 saturated carbocycles. The van der Waals surface area contributed by atoms with Crippen LogP contribution in [0.25, 0.3) is 22.2 Å². The molecule has 4 nitrogen and oxygen atoms in total. The highest BCUT2D eigenvalue weighted by Gasteiger charge is 2.14. The number of aromatic nitrogens is 3. The van der Waals surface area contributed by atoms with Gasteiger partial charge in [0.25, 0.3) is 0 Å². The van der Waals surface area contributed by atoms with Gasteiger partial charge in [-0.3, -0.25) is 0 Å². The second kappa shape index (κ2) is 4.20. The van der Waals surface area contributed by atoms with Gasteiger partial charge in [-0.1, -0.05) is 11.6 Å². The van der Waals surface area contributed by atoms with Gasteiger partial charge >= 0.3 is 0 Å². The molecule has 2 heterocycles. The van der Waals surface area contributed by atoms with Crippen LogP contribution in [0, 0.1) is 5.82 Å². The monoisotopic (exact) mass is 276 g/mol. The standard InChI is InChI=1S/C13H10ClFN4/c1-19-6-9(8-4-7(15)2-3-11(8)19)12-10(14)5-17-13(16)18-12/h2-6H,1H3,(H2,16,17,18). The Morgan fingerprint density at radius 2 is 2.16 bits per heavy atom. The molecule has 3 rings (SSSR count). The molecule has 0 amide bonds. The number of halogens is 2. The molecule has 2 aromatic heterocycles. The van der Waals surface area contributed by atoms with E-state index >= 15 is 0 Å². The summed E-state index contributed by atoms with van der Waals surface area (Å²) in [7, 11) is 1.88. The minimum atomic E-state index is -0.307. The quantitative estimate of drug-likeness (QED) is 0.743. The van der Waals surface area contributed by atoms with Crippen LogP contribution in [0.4, 0.5) is 10.3 Å². The summed E-state index contributed by atoms with van der Waals surface area (Å²) >= 11 is 6.10. The zero-order chi connectivity index (χ0) is 13.6. The Kier molecular flexibility index (Phi) is 2.64. The van der Waals surface area contributed by atoms with Crippen LogP contribution in [0.15, 0.2) is 30.6 Å². The third kappa shape index (κ3) is 1.92. The van der Waals surface area contributed by atoms with Gasteiger partial charge < -0.3 is 10.3 Å². The van der Waals surface area contributed by atoms with E-state index in [4.69, 9.17) is 17.3 Å². The van der Waals surface area contributed by atoms with Gasteiger partial charge in [0.2, 0.25) is 5.95 Å². The van der Waals surface area contributed by atoms with Crippen molar-refractivity contribution in [1.82, 2.24) is 14.5 Å². The van der Waals surface area contributed by atoms with Crippen molar-refractivity contribution in [3.05, 3.63) is 41.4 Å². The first kappa shape index (κ1) is 11.9. The fourth-order valence-electron chi connectivity index (χ4n) is 2.12. The van der Waals surface area contributed by atoms with E-state index in [9.17, 15) is 4.39 Å². The SMILES string of the molecule is Cn1cc(-c2nc(N)ncc2Cl)c2cc(F)ccc21. The Morgan fingerprint density at radius 3 is 2.95 bits per heavy atom. The van der Waals surface area contributed by atoms with Crippen LogP contribution in [0.1, 0.15) is 0 Å². The van der Waals surface area contributed by atoms with Gasteiger partial charge in [-0.25, -0.2) is 14.4 Å². The highest BCUT2D eigenvalue weighted by atomic mass is 35.5. The summed E-state index contributed by atoms with van der Waals surface area (Å²) in [6.45, 7) is 0. The lowest BCUT2D eigenvalue weighted by atomic mass is 10.1. The fraction of sp³-hybridized carbons (Fsp3) is 0.0769. The number of nitrogens with two attached hydrogens (primary N) is 1. The maximum atomic E-state index is 13.4. The molecule has 0 spiro atoms. The number of aryl methyl sites for hydroxylation is 1. The molecule has 0 aliphatic heterocycles. The van der Waals surface area contributed by atoms with Gasteiger partial charge in [-0.15, -0.1) is 0 Å². The van der Waals surface area contributed by atoms with Crippen molar-refractivity contribution in [3.63, 3.8) is 0 Å². The lowest BCUT2D eigenvalue weighted by Gasteiger charge is -2.02. The Labute approximate surface area is 113 Å². The number of nitrogen functional groups attached to an aromatic ring is 1. The number of anilines is 1. The molecule has 0 unspecified atom stereocenters. The first-order chi connectivity index (χ1) is 9.06. The van der Waals surface area contributed by atoms with Crippen LogP contribution in [0.2, 0.25) is 5.02 Å². The Morgan fingerprint density at radius 1 is 1.37 bits per heavy atom. The average molecular weight is 277 g/mol. The summed E-state index contributed by atoms with van der Waals surface area (Å²) in [6.07, 6.45) is 3.29. The van der Waals surface area contributed by atoms with Gasteiger partial charge in [-0.05, 0) is 18.2 Å². The zero-order valence-electron chi connectivity index (χ0n) is 10.1. The molecule has 0 aliphatic rings. The van der Waals surface area contributed by atoms with Crippen molar-refractivity contribution in [2.45, 2.75) is 0 Å². The zero-order valence-corrected chi connectivity index (χ0v) is 10.8. The number of fused-ring (bicyclic) bond motifs is 1. The smallest absolute Gasteiger partial charge is 0.220 e. The molecule has 96 valence electrons. The lowest BCUT2D eigenvalue weighted by molar-refractivity contribution is 0.629. The molecule has 19 heavy (non-hydrogen) atoms. The number of hydrogen-bond acceptors (Lipinski definition) is 3. The summed E-state index contributed by atoms with van der Waals surface area (Å²) in [5.41, 5.74) is 7.71. The summed E-state index contributed by atoms with van der Waals surface area (Å²) in [5, 5.41) is 1.12. The number of hydrogen-bond donors (Lipinski definition) is 1. The molecule has 0 saturated heterocycles. The molecule has 2 N–H and O–H groups in total. The number of benzene rings is 1. The molecule has 0 atom stereocenters. The van der Waals surface area contributed by atoms with Crippen molar-refractivity contribution in [2.75, 3.05) is 5.73 Å². The highest BCUT2D eigenvalue weighted by molar-refractivity contribution is 6.33. The van der Waals surface area contributed by atoms with Gasteiger partial charge in [0.15, 0.2) is 0 Å². The van der Waals surface area contributed by atoms with Crippen LogP contribution >= 0.6 is 11.6 Å². The highest BCUT2D eigenvalue weighted by Crippen LogP contribution is 2.33. The van der Waals surface area contributed by atoms with Gasteiger partial charge in [0.05, 0.1) is 16.9 Å². The fourth-order valence-corrected chi connectivity index (χ4v) is 2.32. The Bertz CT molecular complexity index is 782. The van der Waals surface area contributed by atoms with Crippen molar-refractivity contribution in [3.8, 4) is 11.3 Å². The van der Waals surface area contributed by atoms with E-state index in [-0.39, 0.29) is 11.8 Å². The van der Waals surface area contributed by atoms with Gasteiger partial charge in [-0.2, -0.15) is 0 Å². The maximum Gasteiger partial charge on any atom is 0.220 e. The van der Waals surface area contributed by atoms with E-state index in [0.29, 0.717) is 10.7 Å². The summed E-state index contributed by atoms with van der Waals surface area (Å²) in [5.74, 6) is -0.175. The average Bonchev–Trinajstić information content (AvgIpc) is 2.69. The lowest BCUT2D eigenvalue weighted by Crippen LogP contribution is -1.96. The molecule has 6 heteroatoms. The van der Waals surface area contributed by atoms with Crippen molar-refractivity contribution < 1.29 is 4.39 Å². The molecule has 3 aromatic rings. The molecule has 1 aromatic carbocycles. The van der Waals surface area contributed by atoms with Crippen molar-refractivity contribution in [2.24, 2.45) is 7.05 Å². The molecular formula is C13H10ClFN4. The number of nitrogens with zero attached hydrogens (tertiary/aromatic N) is 3. The van der Waals surface area contributed by atoms with E-state index in [1.807, 2.05) is 17.8 Å². The van der Waals surface area contributed by atoms with E-state index < -0.39 is 0 Å². The van der Waals surface area contributed by atoms with Crippen LogP contribution in [0.3, 0.4) is 0 Å². The molecule has 0 radical (unpaired) electrons. The normalized spacial score (nSPS) is 11.1. The summed E-state index contributed by atoms with van der Waals surface area (Å²) in [4.78, 5) is 7.96. The first-order valence-corrected chi connectivity index (χ1v) is 5.97. The largest absolute Gasteiger partial charge is 0.368 e. The van der Waals surface area contributed by atoms with Gasteiger partial charge in [0.1, 0.15) is 5.82 Å². The molecule has 0 aliphatic carbocycles. The topological polar surface area (TPSA) is 56.7 Å². The van der Waals surface area contributed by atoms with E-state index in [0.717, 1.165) is 16.5 Å². The summed E-state index contributed by atoms with van der Waals surface area (Å²) < 4.78 is 15.3. The van der Waals surface area contributed by atoms with Crippen LogP contribution < -0.4 is 5.73 Å². The minimum absolute atomic E-state index is 0.132. The first-order valence-electron chi connectivity index (χ1n) is 5.59. The third-order valence-corrected chi connectivity index (χ3v) is 3.25. The minimum Gasteiger partial charge on any atom is -0.368 e. The van der Waals surface area contributed by atoms with Crippen LogP contribution in [0.5, 0.6) is 0 Å². The predicted molar refractivity (Wildman–Crippen MR) is 73.3 cm³/mol. The molecule has 0 fully saturated rings. The van der Waals surface area contributed by atoms with Crippen molar-refractivity contribution >= 4 is 28.5 Å². The van der Waals surface area contributed by atoms with E-state index in [1.165, 1.54) is 18.3 Å². The second-order valence-corrected chi connectivity index (χ2v) is 4.65. The molecular weight excluding hydrogens is 267 g/mol. The second-order valence-electron chi connectivity index (χ2n) is 4.24. The Balaban J connectivity index is 2.36. The van der Waals surface area contributed by atoms with E-state index in [1.54, 1.807) is 6.07 Å². The van der Waals surface area contributed by atoms with Gasteiger partial charge in [0, 0.05) is 29.7 Å². The maximum absolute atomic E-state index is 13.4. The third-order valence-electron chi connectivity index (χ3n) is 2.97. The predicted octanol–water partition coefficient (Wildman–Crippen LogP) is 3.01. The number of rotatable bonds is 1. The van der Waals surface area contributed by atoms with E-state index in [2.05, 4.69) is 9.97 Å². The molecule has 0 bridgehead atoms. The Hall–Kier alpha value is -2.14. The van der Waals surface area contributed by atoms with Crippen molar-refractivity contribution in [1.29, 1.82) is 0 Å². The van der Waals surface area contributed by atoms with Crippen LogP contribution in [-0.4, -0.2) is 14.5 Å².